The fourth-order valence-electron chi connectivity index (χ4n) is 3.18. The summed E-state index contributed by atoms with van der Waals surface area (Å²) >= 11 is 0. The summed E-state index contributed by atoms with van der Waals surface area (Å²) in [5.74, 6) is 0.606. The van der Waals surface area contributed by atoms with E-state index < -0.39 is 0 Å². The molecule has 1 aliphatic rings. The summed E-state index contributed by atoms with van der Waals surface area (Å²) in [6, 6.07) is 4.59. The van der Waals surface area contributed by atoms with E-state index in [-0.39, 0.29) is 0 Å². The van der Waals surface area contributed by atoms with Crippen LogP contribution in [0.25, 0.3) is 11.1 Å². The third kappa shape index (κ3) is 2.38. The van der Waals surface area contributed by atoms with Crippen molar-refractivity contribution in [2.24, 2.45) is 0 Å². The molecule has 2 heterocycles. The van der Waals surface area contributed by atoms with Crippen molar-refractivity contribution in [3.63, 3.8) is 0 Å². The number of aryl methyl sites for hydroxylation is 3. The maximum Gasteiger partial charge on any atom is 0.0568 e. The van der Waals surface area contributed by atoms with Gasteiger partial charge in [0.2, 0.25) is 0 Å². The van der Waals surface area contributed by atoms with Crippen LogP contribution in [0.15, 0.2) is 18.3 Å². The van der Waals surface area contributed by atoms with Gasteiger partial charge in [0.05, 0.1) is 6.20 Å². The van der Waals surface area contributed by atoms with Gasteiger partial charge in [-0.1, -0.05) is 12.1 Å². The van der Waals surface area contributed by atoms with Gasteiger partial charge in [0.25, 0.3) is 0 Å². The molecule has 0 atom stereocenters. The molecular formula is C17H23N3. The van der Waals surface area contributed by atoms with Gasteiger partial charge < -0.3 is 5.32 Å². The van der Waals surface area contributed by atoms with Crippen molar-refractivity contribution >= 4 is 0 Å². The summed E-state index contributed by atoms with van der Waals surface area (Å²) < 4.78 is 0. The van der Waals surface area contributed by atoms with Gasteiger partial charge in [-0.05, 0) is 69.0 Å². The number of rotatable bonds is 2. The molecule has 20 heavy (non-hydrogen) atoms. The molecule has 0 amide bonds. The van der Waals surface area contributed by atoms with Gasteiger partial charge >= 0.3 is 0 Å². The summed E-state index contributed by atoms with van der Waals surface area (Å²) in [5.41, 5.74) is 7.98. The topological polar surface area (TPSA) is 40.7 Å². The lowest BCUT2D eigenvalue weighted by Gasteiger charge is -2.23. The average Bonchev–Trinajstić information content (AvgIpc) is 2.93. The molecule has 1 saturated heterocycles. The molecule has 0 saturated carbocycles. The molecule has 2 N–H and O–H groups in total. The highest BCUT2D eigenvalue weighted by Crippen LogP contribution is 2.34. The molecule has 1 fully saturated rings. The van der Waals surface area contributed by atoms with Crippen molar-refractivity contribution in [1.82, 2.24) is 15.5 Å². The first-order chi connectivity index (χ1) is 9.66. The molecule has 1 aromatic heterocycles. The van der Waals surface area contributed by atoms with Crippen molar-refractivity contribution in [2.45, 2.75) is 39.5 Å². The number of nitrogens with zero attached hydrogens (tertiary/aromatic N) is 1. The Bertz CT molecular complexity index is 607. The van der Waals surface area contributed by atoms with Crippen LogP contribution in [0.4, 0.5) is 0 Å². The molecule has 3 rings (SSSR count). The van der Waals surface area contributed by atoms with Crippen LogP contribution in [-0.2, 0) is 0 Å². The van der Waals surface area contributed by atoms with Crippen LogP contribution in [0.5, 0.6) is 0 Å². The zero-order valence-electron chi connectivity index (χ0n) is 12.6. The smallest absolute Gasteiger partial charge is 0.0568 e. The highest BCUT2D eigenvalue weighted by atomic mass is 15.1. The molecule has 106 valence electrons. The average molecular weight is 269 g/mol. The van der Waals surface area contributed by atoms with E-state index in [0.29, 0.717) is 5.92 Å². The maximum absolute atomic E-state index is 4.32. The molecule has 3 heteroatoms. The van der Waals surface area contributed by atoms with Crippen LogP contribution in [0.2, 0.25) is 0 Å². The Morgan fingerprint density at radius 2 is 1.65 bits per heavy atom. The maximum atomic E-state index is 4.32. The van der Waals surface area contributed by atoms with Gasteiger partial charge in [-0.15, -0.1) is 0 Å². The Morgan fingerprint density at radius 1 is 0.950 bits per heavy atom. The Morgan fingerprint density at radius 3 is 2.40 bits per heavy atom. The summed E-state index contributed by atoms with van der Waals surface area (Å²) in [7, 11) is 0. The summed E-state index contributed by atoms with van der Waals surface area (Å²) in [6.45, 7) is 8.77. The number of H-pyrrole nitrogens is 1. The SMILES string of the molecule is Cc1cc(C)c(-c2cn[nH]c2C2CCNCC2)cc1C. The highest BCUT2D eigenvalue weighted by molar-refractivity contribution is 5.70. The lowest BCUT2D eigenvalue weighted by Crippen LogP contribution is -2.27. The first kappa shape index (κ1) is 13.4. The molecule has 0 unspecified atom stereocenters. The minimum atomic E-state index is 0.606. The number of aromatic amines is 1. The number of benzene rings is 1. The second-order valence-corrected chi connectivity index (χ2v) is 5.97. The molecule has 0 radical (unpaired) electrons. The van der Waals surface area contributed by atoms with E-state index in [1.165, 1.54) is 46.4 Å². The van der Waals surface area contributed by atoms with Crippen LogP contribution in [-0.4, -0.2) is 23.3 Å². The number of hydrogen-bond donors (Lipinski definition) is 2. The van der Waals surface area contributed by atoms with Crippen LogP contribution in [0.3, 0.4) is 0 Å². The molecular weight excluding hydrogens is 246 g/mol. The monoisotopic (exact) mass is 269 g/mol. The van der Waals surface area contributed by atoms with Crippen LogP contribution < -0.4 is 5.32 Å². The molecule has 0 spiro atoms. The quantitative estimate of drug-likeness (QED) is 0.876. The molecule has 1 aromatic carbocycles. The third-order valence-electron chi connectivity index (χ3n) is 4.55. The lowest BCUT2D eigenvalue weighted by molar-refractivity contribution is 0.453. The second kappa shape index (κ2) is 5.41. The summed E-state index contributed by atoms with van der Waals surface area (Å²) in [5, 5.41) is 11.0. The van der Waals surface area contributed by atoms with Crippen molar-refractivity contribution in [1.29, 1.82) is 0 Å². The van der Waals surface area contributed by atoms with E-state index in [1.807, 2.05) is 6.20 Å². The molecule has 0 aliphatic carbocycles. The largest absolute Gasteiger partial charge is 0.317 e. The van der Waals surface area contributed by atoms with E-state index in [4.69, 9.17) is 0 Å². The van der Waals surface area contributed by atoms with Gasteiger partial charge in [-0.2, -0.15) is 5.10 Å². The van der Waals surface area contributed by atoms with Crippen LogP contribution >= 0.6 is 0 Å². The molecule has 2 aromatic rings. The van der Waals surface area contributed by atoms with E-state index in [1.54, 1.807) is 0 Å². The fourth-order valence-corrected chi connectivity index (χ4v) is 3.18. The fraction of sp³-hybridized carbons (Fsp3) is 0.471. The summed E-state index contributed by atoms with van der Waals surface area (Å²) in [4.78, 5) is 0. The van der Waals surface area contributed by atoms with Crippen molar-refractivity contribution in [3.05, 3.63) is 40.7 Å². The second-order valence-electron chi connectivity index (χ2n) is 5.97. The number of hydrogen-bond acceptors (Lipinski definition) is 2. The number of piperidine rings is 1. The van der Waals surface area contributed by atoms with Crippen LogP contribution in [0.1, 0.15) is 41.1 Å². The van der Waals surface area contributed by atoms with Crippen molar-refractivity contribution in [3.8, 4) is 11.1 Å². The minimum Gasteiger partial charge on any atom is -0.317 e. The van der Waals surface area contributed by atoms with Gasteiger partial charge in [-0.25, -0.2) is 0 Å². The van der Waals surface area contributed by atoms with Gasteiger partial charge in [0, 0.05) is 17.2 Å². The molecule has 1 aliphatic heterocycles. The normalized spacial score (nSPS) is 16.6. The zero-order chi connectivity index (χ0) is 14.1. The first-order valence-corrected chi connectivity index (χ1v) is 7.49. The van der Waals surface area contributed by atoms with Gasteiger partial charge in [0.1, 0.15) is 0 Å². The lowest BCUT2D eigenvalue weighted by atomic mass is 9.88. The Labute approximate surface area is 120 Å². The predicted molar refractivity (Wildman–Crippen MR) is 83.1 cm³/mol. The number of nitrogens with one attached hydrogen (secondary N) is 2. The minimum absolute atomic E-state index is 0.606. The Balaban J connectivity index is 2.03. The van der Waals surface area contributed by atoms with E-state index in [9.17, 15) is 0 Å². The number of aromatic nitrogens is 2. The van der Waals surface area contributed by atoms with E-state index in [0.717, 1.165) is 13.1 Å². The zero-order valence-corrected chi connectivity index (χ0v) is 12.6. The molecule has 3 nitrogen and oxygen atoms in total. The van der Waals surface area contributed by atoms with E-state index >= 15 is 0 Å². The highest BCUT2D eigenvalue weighted by Gasteiger charge is 2.21. The predicted octanol–water partition coefficient (Wildman–Crippen LogP) is 3.47. The standard InChI is InChI=1S/C17H23N3/c1-11-8-13(3)15(9-12(11)2)16-10-19-20-17(16)14-4-6-18-7-5-14/h8-10,14,18H,4-7H2,1-3H3,(H,19,20). The van der Waals surface area contributed by atoms with Crippen molar-refractivity contribution < 1.29 is 0 Å². The third-order valence-corrected chi connectivity index (χ3v) is 4.55. The van der Waals surface area contributed by atoms with E-state index in [2.05, 4.69) is 48.4 Å². The van der Waals surface area contributed by atoms with Gasteiger partial charge in [-0.3, -0.25) is 5.10 Å². The van der Waals surface area contributed by atoms with Crippen LogP contribution in [0, 0.1) is 20.8 Å². The molecule has 0 bridgehead atoms. The Kier molecular flexibility index (Phi) is 3.62. The van der Waals surface area contributed by atoms with Crippen molar-refractivity contribution in [2.75, 3.05) is 13.1 Å². The summed E-state index contributed by atoms with van der Waals surface area (Å²) in [6.07, 6.45) is 4.38. The van der Waals surface area contributed by atoms with Gasteiger partial charge in [0.15, 0.2) is 0 Å². The Hall–Kier alpha value is -1.61. The first-order valence-electron chi connectivity index (χ1n) is 7.49.